The van der Waals surface area contributed by atoms with E-state index in [0.29, 0.717) is 31.1 Å². The van der Waals surface area contributed by atoms with Crippen LogP contribution in [0.2, 0.25) is 18.1 Å². The van der Waals surface area contributed by atoms with Crippen LogP contribution in [0, 0.1) is 5.92 Å². The van der Waals surface area contributed by atoms with Crippen molar-refractivity contribution in [1.29, 1.82) is 0 Å². The van der Waals surface area contributed by atoms with Gasteiger partial charge in [-0.25, -0.2) is 4.79 Å². The smallest absolute Gasteiger partial charge is 0.412 e. The minimum atomic E-state index is -2.19. The first-order valence-electron chi connectivity index (χ1n) is 21.2. The Balaban J connectivity index is 0.945. The predicted molar refractivity (Wildman–Crippen MR) is 239 cm³/mol. The summed E-state index contributed by atoms with van der Waals surface area (Å²) in [5, 5.41) is 25.5. The molecule has 3 aliphatic rings. The van der Waals surface area contributed by atoms with Crippen molar-refractivity contribution in [2.75, 3.05) is 37.7 Å². The van der Waals surface area contributed by atoms with E-state index in [1.54, 1.807) is 17.0 Å². The number of H-pyrrole nitrogens is 1. The molecule has 0 aliphatic carbocycles. The molecule has 4 aromatic carbocycles. The quantitative estimate of drug-likeness (QED) is 0.0573. The van der Waals surface area contributed by atoms with Crippen LogP contribution in [0.5, 0.6) is 11.5 Å². The first-order valence-corrected chi connectivity index (χ1v) is 24.1. The number of piperidine rings is 3. The summed E-state index contributed by atoms with van der Waals surface area (Å²) in [6, 6.07) is 31.4. The van der Waals surface area contributed by atoms with Gasteiger partial charge >= 0.3 is 6.09 Å². The number of hydrogen-bond donors (Lipinski definition) is 4. The molecule has 2 atom stereocenters. The van der Waals surface area contributed by atoms with Crippen molar-refractivity contribution in [3.63, 3.8) is 0 Å². The average molecular weight is 817 g/mol. The molecule has 4 N–H and O–H groups in total. The van der Waals surface area contributed by atoms with E-state index >= 15 is 0 Å². The number of carboxylic acid groups (broad SMARTS) is 1. The van der Waals surface area contributed by atoms with Crippen molar-refractivity contribution in [3.05, 3.63) is 124 Å². The second kappa shape index (κ2) is 18.1. The Morgan fingerprint density at radius 3 is 2.36 bits per heavy atom. The van der Waals surface area contributed by atoms with Gasteiger partial charge in [0.05, 0.1) is 30.0 Å². The van der Waals surface area contributed by atoms with Crippen molar-refractivity contribution in [2.45, 2.75) is 89.7 Å². The number of pyridine rings is 1. The Hall–Kier alpha value is -4.94. The van der Waals surface area contributed by atoms with Crippen LogP contribution in [0.1, 0.15) is 69.2 Å². The molecule has 10 nitrogen and oxygen atoms in total. The van der Waals surface area contributed by atoms with E-state index in [-0.39, 0.29) is 28.5 Å². The van der Waals surface area contributed by atoms with Crippen LogP contribution in [-0.2, 0) is 17.4 Å². The van der Waals surface area contributed by atoms with Crippen LogP contribution in [-0.4, -0.2) is 73.3 Å². The molecule has 0 spiro atoms. The molecule has 0 radical (unpaired) electrons. The highest BCUT2D eigenvalue weighted by molar-refractivity contribution is 6.74. The number of ether oxygens (including phenoxy) is 1. The van der Waals surface area contributed by atoms with Crippen LogP contribution in [0.4, 0.5) is 10.5 Å². The van der Waals surface area contributed by atoms with Gasteiger partial charge < -0.3 is 34.6 Å². The van der Waals surface area contributed by atoms with Gasteiger partial charge in [-0.3, -0.25) is 9.69 Å². The number of aryl methyl sites for hydroxylation is 1. The number of aromatic amines is 1. The summed E-state index contributed by atoms with van der Waals surface area (Å²) >= 11 is 0. The van der Waals surface area contributed by atoms with Gasteiger partial charge in [0.1, 0.15) is 11.5 Å². The summed E-state index contributed by atoms with van der Waals surface area (Å²) < 4.78 is 13.1. The van der Waals surface area contributed by atoms with Crippen molar-refractivity contribution < 1.29 is 24.2 Å². The number of aromatic hydroxyl groups is 1. The average Bonchev–Trinajstić information content (AvgIpc) is 3.22. The van der Waals surface area contributed by atoms with Gasteiger partial charge in [0.15, 0.2) is 8.32 Å². The molecule has 312 valence electrons. The molecular formula is C48H60N4O6Si. The summed E-state index contributed by atoms with van der Waals surface area (Å²) in [7, 11) is -2.19. The highest BCUT2D eigenvalue weighted by Gasteiger charge is 2.41. The molecule has 2 bridgehead atoms. The van der Waals surface area contributed by atoms with Crippen molar-refractivity contribution in [1.82, 2.24) is 15.2 Å². The Labute approximate surface area is 349 Å². The second-order valence-electron chi connectivity index (χ2n) is 17.8. The summed E-state index contributed by atoms with van der Waals surface area (Å²) in [5.74, 6) is 1.24. The highest BCUT2D eigenvalue weighted by Crippen LogP contribution is 2.42. The lowest BCUT2D eigenvalue weighted by Gasteiger charge is -2.48. The second-order valence-corrected chi connectivity index (χ2v) is 22.6. The number of carbonyl (C=O) groups is 1. The zero-order valence-corrected chi connectivity index (χ0v) is 36.2. The minimum Gasteiger partial charge on any atom is -0.506 e. The number of phenolic OH excluding ortho intramolecular Hbond substituents is 1. The first kappa shape index (κ1) is 42.2. The largest absolute Gasteiger partial charge is 0.506 e. The van der Waals surface area contributed by atoms with Crippen LogP contribution >= 0.6 is 0 Å². The normalized spacial score (nSPS) is 18.5. The molecule has 4 heterocycles. The molecule has 3 aliphatic heterocycles. The lowest BCUT2D eigenvalue weighted by atomic mass is 9.82. The lowest BCUT2D eigenvalue weighted by Crippen LogP contribution is -2.59. The van der Waals surface area contributed by atoms with Gasteiger partial charge in [-0.15, -0.1) is 0 Å². The van der Waals surface area contributed by atoms with E-state index in [1.807, 2.05) is 36.4 Å². The molecule has 59 heavy (non-hydrogen) atoms. The fourth-order valence-electron chi connectivity index (χ4n) is 8.40. The number of fused-ring (bicyclic) bond motifs is 4. The zero-order valence-electron chi connectivity index (χ0n) is 35.2. The van der Waals surface area contributed by atoms with Crippen LogP contribution in [0.3, 0.4) is 0 Å². The van der Waals surface area contributed by atoms with Crippen molar-refractivity contribution >= 4 is 31.0 Å². The Morgan fingerprint density at radius 2 is 1.68 bits per heavy atom. The Morgan fingerprint density at radius 1 is 0.949 bits per heavy atom. The molecule has 0 saturated carbocycles. The summed E-state index contributed by atoms with van der Waals surface area (Å²) in [6.07, 6.45) is 3.56. The molecular weight excluding hydrogens is 757 g/mol. The molecule has 5 aromatic rings. The van der Waals surface area contributed by atoms with Gasteiger partial charge in [0.2, 0.25) is 5.56 Å². The number of unbranched alkanes of at least 4 members (excludes halogenated alkanes) is 1. The Kier molecular flexibility index (Phi) is 13.0. The third-order valence-corrected chi connectivity index (χ3v) is 17.3. The highest BCUT2D eigenvalue weighted by atomic mass is 28.4. The predicted octanol–water partition coefficient (Wildman–Crippen LogP) is 9.73. The lowest BCUT2D eigenvalue weighted by molar-refractivity contribution is 0.0837. The number of aromatic nitrogens is 1. The zero-order chi connectivity index (χ0) is 41.7. The third-order valence-electron chi connectivity index (χ3n) is 12.8. The number of benzene rings is 4. The topological polar surface area (TPSA) is 127 Å². The number of nitrogens with zero attached hydrogens (tertiary/aromatic N) is 2. The van der Waals surface area contributed by atoms with Crippen LogP contribution < -0.4 is 20.5 Å². The van der Waals surface area contributed by atoms with Gasteiger partial charge in [0.25, 0.3) is 0 Å². The third kappa shape index (κ3) is 9.92. The fourth-order valence-corrected chi connectivity index (χ4v) is 9.68. The maximum Gasteiger partial charge on any atom is 0.412 e. The van der Waals surface area contributed by atoms with E-state index in [2.05, 4.69) is 91.5 Å². The number of amides is 1. The van der Waals surface area contributed by atoms with E-state index in [9.17, 15) is 19.8 Å². The maximum absolute atomic E-state index is 13.0. The number of nitrogens with one attached hydrogen (secondary N) is 2. The molecule has 3 fully saturated rings. The molecule has 8 rings (SSSR count). The van der Waals surface area contributed by atoms with Crippen molar-refractivity contribution in [3.8, 4) is 22.6 Å². The molecule has 1 aromatic heterocycles. The van der Waals surface area contributed by atoms with E-state index in [1.165, 1.54) is 6.07 Å². The number of phenols is 1. The monoisotopic (exact) mass is 816 g/mol. The maximum atomic E-state index is 13.0. The Bertz CT molecular complexity index is 2260. The van der Waals surface area contributed by atoms with Gasteiger partial charge in [-0.2, -0.15) is 0 Å². The SMILES string of the molecule is CC(C)(C)[Si](C)(C)O[C@@H](CNCc1ccc(OCCCCc2ccc(-c3ccccc3)c(N(C(=O)O)[C@H]3CN4CCC3CC4)c2)cc1)c1ccc(O)c2[nH]c(=O)ccc12. The first-order chi connectivity index (χ1) is 28.3. The van der Waals surface area contributed by atoms with Gasteiger partial charge in [0, 0.05) is 36.7 Å². The van der Waals surface area contributed by atoms with E-state index in [0.717, 1.165) is 96.4 Å². The standard InChI is InChI=1S/C48H60N4O6Si/c1-48(2,3)59(4,5)58-44(39-20-22-43(53)46-40(39)21-23-45(54)50-46)31-49-30-34-14-17-37(18-15-34)57-28-10-9-11-33-16-19-38(35-12-7-6-8-13-35)41(29-33)52(47(55)56)42-32-51-26-24-36(42)25-27-51/h6-8,12-23,29,36,42,44,49,53H,9-11,24-28,30-32H2,1-5H3,(H,50,54)(H,55,56)/t42-,44-/m0/s1. The molecule has 11 heteroatoms. The number of rotatable bonds is 16. The van der Waals surface area contributed by atoms with Crippen LogP contribution in [0.25, 0.3) is 22.0 Å². The van der Waals surface area contributed by atoms with E-state index in [4.69, 9.17) is 9.16 Å². The molecule has 3 saturated heterocycles. The van der Waals surface area contributed by atoms with Gasteiger partial charge in [-0.05, 0) is 122 Å². The summed E-state index contributed by atoms with van der Waals surface area (Å²) in [4.78, 5) is 31.9. The number of anilines is 1. The van der Waals surface area contributed by atoms with E-state index < -0.39 is 14.4 Å². The summed E-state index contributed by atoms with van der Waals surface area (Å²) in [5.41, 5.74) is 6.10. The van der Waals surface area contributed by atoms with Gasteiger partial charge in [-0.1, -0.05) is 81.4 Å². The molecule has 0 unspecified atom stereocenters. The molecule has 1 amide bonds. The minimum absolute atomic E-state index is 0.00364. The fraction of sp³-hybridized carbons (Fsp3) is 0.417. The van der Waals surface area contributed by atoms with Crippen LogP contribution in [0.15, 0.2) is 102 Å². The summed E-state index contributed by atoms with van der Waals surface area (Å²) in [6.45, 7) is 15.8. The van der Waals surface area contributed by atoms with Crippen molar-refractivity contribution in [2.24, 2.45) is 5.92 Å². The number of hydrogen-bond acceptors (Lipinski definition) is 7.